The Morgan fingerprint density at radius 2 is 2.00 bits per heavy atom. The van der Waals surface area contributed by atoms with Crippen LogP contribution < -0.4 is 11.1 Å². The minimum absolute atomic E-state index is 0.0872. The van der Waals surface area contributed by atoms with Crippen molar-refractivity contribution in [2.75, 3.05) is 0 Å². The van der Waals surface area contributed by atoms with Gasteiger partial charge in [0.1, 0.15) is 0 Å². The van der Waals surface area contributed by atoms with Gasteiger partial charge in [-0.3, -0.25) is 14.9 Å². The molecular weight excluding hydrogens is 282 g/mol. The summed E-state index contributed by atoms with van der Waals surface area (Å²) >= 11 is 5.92. The van der Waals surface area contributed by atoms with E-state index in [9.17, 15) is 14.9 Å². The van der Waals surface area contributed by atoms with Gasteiger partial charge in [0.15, 0.2) is 0 Å². The maximum atomic E-state index is 12.1. The Kier molecular flexibility index (Phi) is 4.57. The van der Waals surface area contributed by atoms with Gasteiger partial charge in [0.2, 0.25) is 0 Å². The number of nitrogens with two attached hydrogens (primary N) is 1. The molecule has 6 nitrogen and oxygen atoms in total. The number of amides is 1. The molecule has 108 valence electrons. The Bertz CT molecular complexity index is 528. The number of benzene rings is 1. The molecule has 0 spiro atoms. The van der Waals surface area contributed by atoms with E-state index in [1.165, 1.54) is 18.2 Å². The van der Waals surface area contributed by atoms with Crippen LogP contribution in [-0.2, 0) is 0 Å². The number of carbonyl (C=O) groups is 1. The number of nitrogens with zero attached hydrogens (tertiary/aromatic N) is 1. The van der Waals surface area contributed by atoms with Gasteiger partial charge in [-0.1, -0.05) is 11.6 Å². The first-order valence-electron chi connectivity index (χ1n) is 6.47. The molecule has 20 heavy (non-hydrogen) atoms. The predicted octanol–water partition coefficient (Wildman–Crippen LogP) is 2.25. The molecule has 0 radical (unpaired) electrons. The maximum absolute atomic E-state index is 12.1. The van der Waals surface area contributed by atoms with Crippen LogP contribution in [0.15, 0.2) is 18.2 Å². The topological polar surface area (TPSA) is 98.3 Å². The second kappa shape index (κ2) is 6.19. The monoisotopic (exact) mass is 297 g/mol. The molecule has 1 aromatic carbocycles. The number of hydrogen-bond donors (Lipinski definition) is 2. The van der Waals surface area contributed by atoms with Crippen molar-refractivity contribution in [3.8, 4) is 0 Å². The van der Waals surface area contributed by atoms with E-state index < -0.39 is 4.92 Å². The molecule has 0 bridgehead atoms. The van der Waals surface area contributed by atoms with Crippen LogP contribution in [0.2, 0.25) is 5.02 Å². The molecule has 0 atom stereocenters. The Morgan fingerprint density at radius 1 is 1.35 bits per heavy atom. The highest BCUT2D eigenvalue weighted by Crippen LogP contribution is 2.23. The molecule has 1 aliphatic rings. The van der Waals surface area contributed by atoms with E-state index in [4.69, 9.17) is 17.3 Å². The smallest absolute Gasteiger partial charge is 0.270 e. The third kappa shape index (κ3) is 3.46. The summed E-state index contributed by atoms with van der Waals surface area (Å²) in [6.45, 7) is 0. The summed E-state index contributed by atoms with van der Waals surface area (Å²) in [7, 11) is 0. The van der Waals surface area contributed by atoms with Crippen LogP contribution in [0.4, 0.5) is 5.69 Å². The van der Waals surface area contributed by atoms with E-state index in [1.54, 1.807) is 0 Å². The summed E-state index contributed by atoms with van der Waals surface area (Å²) < 4.78 is 0. The maximum Gasteiger partial charge on any atom is 0.270 e. The van der Waals surface area contributed by atoms with Crippen LogP contribution in [0.1, 0.15) is 36.0 Å². The van der Waals surface area contributed by atoms with Gasteiger partial charge >= 0.3 is 0 Å². The number of nitro groups is 1. The lowest BCUT2D eigenvalue weighted by Gasteiger charge is -2.26. The van der Waals surface area contributed by atoms with Gasteiger partial charge in [-0.15, -0.1) is 0 Å². The van der Waals surface area contributed by atoms with Crippen molar-refractivity contribution >= 4 is 23.2 Å². The Balaban J connectivity index is 2.04. The number of rotatable bonds is 3. The number of halogens is 1. The lowest BCUT2D eigenvalue weighted by Crippen LogP contribution is -2.40. The molecule has 0 aromatic heterocycles. The van der Waals surface area contributed by atoms with E-state index in [-0.39, 0.29) is 34.3 Å². The first-order valence-corrected chi connectivity index (χ1v) is 6.85. The van der Waals surface area contributed by atoms with Crippen LogP contribution in [0, 0.1) is 10.1 Å². The molecule has 2 rings (SSSR count). The highest BCUT2D eigenvalue weighted by atomic mass is 35.5. The van der Waals surface area contributed by atoms with Crippen molar-refractivity contribution in [2.24, 2.45) is 5.73 Å². The summed E-state index contributed by atoms with van der Waals surface area (Å²) in [5.41, 5.74) is 5.94. The normalized spacial score (nSPS) is 22.3. The van der Waals surface area contributed by atoms with E-state index in [0.717, 1.165) is 25.7 Å². The van der Waals surface area contributed by atoms with Crippen LogP contribution in [0.5, 0.6) is 0 Å². The van der Waals surface area contributed by atoms with Crippen LogP contribution in [-0.4, -0.2) is 22.9 Å². The molecule has 1 amide bonds. The molecule has 1 aromatic rings. The number of nitro benzene ring substituents is 1. The van der Waals surface area contributed by atoms with E-state index in [0.29, 0.717) is 0 Å². The van der Waals surface area contributed by atoms with Crippen LogP contribution in [0.3, 0.4) is 0 Å². The molecule has 7 heteroatoms. The minimum Gasteiger partial charge on any atom is -0.349 e. The second-order valence-corrected chi connectivity index (χ2v) is 5.41. The van der Waals surface area contributed by atoms with Crippen LogP contribution in [0.25, 0.3) is 0 Å². The summed E-state index contributed by atoms with van der Waals surface area (Å²) in [5.74, 6) is -0.301. The fraction of sp³-hybridized carbons (Fsp3) is 0.462. The van der Waals surface area contributed by atoms with Gasteiger partial charge in [0, 0.05) is 24.2 Å². The Hall–Kier alpha value is -1.66. The zero-order valence-corrected chi connectivity index (χ0v) is 11.6. The quantitative estimate of drug-likeness (QED) is 0.660. The van der Waals surface area contributed by atoms with E-state index in [2.05, 4.69) is 5.32 Å². The lowest BCUT2D eigenvalue weighted by atomic mass is 9.91. The van der Waals surface area contributed by atoms with Gasteiger partial charge in [-0.2, -0.15) is 0 Å². The van der Waals surface area contributed by atoms with Gasteiger partial charge in [-0.25, -0.2) is 0 Å². The van der Waals surface area contributed by atoms with Crippen molar-refractivity contribution in [1.29, 1.82) is 0 Å². The molecule has 0 heterocycles. The molecule has 0 aliphatic heterocycles. The second-order valence-electron chi connectivity index (χ2n) is 5.01. The molecule has 0 unspecified atom stereocenters. The van der Waals surface area contributed by atoms with Gasteiger partial charge in [0.25, 0.3) is 11.6 Å². The van der Waals surface area contributed by atoms with Gasteiger partial charge in [0.05, 0.1) is 15.5 Å². The van der Waals surface area contributed by atoms with Gasteiger partial charge < -0.3 is 11.1 Å². The summed E-state index contributed by atoms with van der Waals surface area (Å²) in [5, 5.41) is 13.6. The highest BCUT2D eigenvalue weighted by molar-refractivity contribution is 6.34. The average Bonchev–Trinajstić information content (AvgIpc) is 2.41. The molecule has 0 saturated heterocycles. The molecule has 3 N–H and O–H groups in total. The first kappa shape index (κ1) is 14.7. The molecular formula is C13H16ClN3O3. The number of non-ortho nitro benzene ring substituents is 1. The SMILES string of the molecule is NC1CCC(NC(=O)c2ccc([N+](=O)[O-])cc2Cl)CC1. The number of nitrogens with one attached hydrogen (secondary N) is 1. The molecule has 1 aliphatic carbocycles. The Morgan fingerprint density at radius 3 is 2.55 bits per heavy atom. The first-order chi connectivity index (χ1) is 9.47. The summed E-state index contributed by atoms with van der Waals surface area (Å²) in [6.07, 6.45) is 3.47. The largest absolute Gasteiger partial charge is 0.349 e. The fourth-order valence-electron chi connectivity index (χ4n) is 2.33. The highest BCUT2D eigenvalue weighted by Gasteiger charge is 2.22. The van der Waals surface area contributed by atoms with Gasteiger partial charge in [-0.05, 0) is 31.7 Å². The van der Waals surface area contributed by atoms with Crippen molar-refractivity contribution in [1.82, 2.24) is 5.32 Å². The van der Waals surface area contributed by atoms with E-state index >= 15 is 0 Å². The van der Waals surface area contributed by atoms with Crippen molar-refractivity contribution in [3.63, 3.8) is 0 Å². The summed E-state index contributed by atoms with van der Waals surface area (Å²) in [4.78, 5) is 22.2. The number of carbonyl (C=O) groups excluding carboxylic acids is 1. The average molecular weight is 298 g/mol. The lowest BCUT2D eigenvalue weighted by molar-refractivity contribution is -0.384. The van der Waals surface area contributed by atoms with Crippen LogP contribution >= 0.6 is 11.6 Å². The predicted molar refractivity (Wildman–Crippen MR) is 75.8 cm³/mol. The minimum atomic E-state index is -0.546. The Labute approximate surface area is 121 Å². The number of hydrogen-bond acceptors (Lipinski definition) is 4. The summed E-state index contributed by atoms with van der Waals surface area (Å²) in [6, 6.07) is 4.15. The van der Waals surface area contributed by atoms with Crippen molar-refractivity contribution in [2.45, 2.75) is 37.8 Å². The third-order valence-electron chi connectivity index (χ3n) is 3.52. The zero-order valence-electron chi connectivity index (χ0n) is 10.8. The standard InChI is InChI=1S/C13H16ClN3O3/c14-12-7-10(17(19)20)5-6-11(12)13(18)16-9-3-1-8(15)2-4-9/h5-9H,1-4,15H2,(H,16,18). The zero-order chi connectivity index (χ0) is 14.7. The molecule has 1 saturated carbocycles. The fourth-order valence-corrected chi connectivity index (χ4v) is 2.59. The third-order valence-corrected chi connectivity index (χ3v) is 3.83. The van der Waals surface area contributed by atoms with E-state index in [1.807, 2.05) is 0 Å². The van der Waals surface area contributed by atoms with Crippen molar-refractivity contribution in [3.05, 3.63) is 38.9 Å². The molecule has 1 fully saturated rings. The van der Waals surface area contributed by atoms with Crippen molar-refractivity contribution < 1.29 is 9.72 Å².